The maximum Gasteiger partial charge on any atom is 0.343 e. The second kappa shape index (κ2) is 9.06. The van der Waals surface area contributed by atoms with Gasteiger partial charge < -0.3 is 14.2 Å². The maximum absolute atomic E-state index is 12.0. The Morgan fingerprint density at radius 1 is 1.15 bits per heavy atom. The summed E-state index contributed by atoms with van der Waals surface area (Å²) in [6.07, 6.45) is 2.05. The molecule has 0 aliphatic heterocycles. The summed E-state index contributed by atoms with van der Waals surface area (Å²) < 4.78 is 15.5. The lowest BCUT2D eigenvalue weighted by molar-refractivity contribution is 0.0311. The highest BCUT2D eigenvalue weighted by atomic mass is 35.5. The summed E-state index contributed by atoms with van der Waals surface area (Å²) in [6.45, 7) is 3.26. The molecule has 0 N–H and O–H groups in total. The van der Waals surface area contributed by atoms with Crippen molar-refractivity contribution in [3.8, 4) is 5.75 Å². The van der Waals surface area contributed by atoms with Crippen LogP contribution in [0.25, 0.3) is 0 Å². The highest BCUT2D eigenvalue weighted by Gasteiger charge is 2.20. The highest BCUT2D eigenvalue weighted by Crippen LogP contribution is 2.34. The van der Waals surface area contributed by atoms with Gasteiger partial charge in [-0.3, -0.25) is 0 Å². The van der Waals surface area contributed by atoms with Crippen LogP contribution in [0.5, 0.6) is 5.75 Å². The number of hydrogen-bond acceptors (Lipinski definition) is 4. The van der Waals surface area contributed by atoms with E-state index in [4.69, 9.17) is 37.4 Å². The zero-order valence-corrected chi connectivity index (χ0v) is 13.1. The fraction of sp³-hybridized carbons (Fsp3) is 0.500. The molecule has 1 rings (SSSR count). The third-order valence-corrected chi connectivity index (χ3v) is 3.18. The molecule has 0 saturated heterocycles. The van der Waals surface area contributed by atoms with Crippen molar-refractivity contribution in [3.05, 3.63) is 27.7 Å². The predicted molar refractivity (Wildman–Crippen MR) is 79.0 cm³/mol. The Morgan fingerprint density at radius 2 is 1.85 bits per heavy atom. The van der Waals surface area contributed by atoms with E-state index in [1.807, 2.05) is 0 Å². The SMILES string of the molecule is CCCCOCCOC(=O)c1c(Cl)ccc(Cl)c1OC. The van der Waals surface area contributed by atoms with E-state index in [0.717, 1.165) is 12.8 Å². The van der Waals surface area contributed by atoms with Gasteiger partial charge >= 0.3 is 5.97 Å². The summed E-state index contributed by atoms with van der Waals surface area (Å²) in [5.41, 5.74) is 0.134. The van der Waals surface area contributed by atoms with Crippen molar-refractivity contribution >= 4 is 29.2 Å². The largest absolute Gasteiger partial charge is 0.494 e. The molecule has 0 atom stereocenters. The van der Waals surface area contributed by atoms with Crippen LogP contribution >= 0.6 is 23.2 Å². The Hall–Kier alpha value is -0.970. The lowest BCUT2D eigenvalue weighted by Gasteiger charge is -2.11. The van der Waals surface area contributed by atoms with Crippen molar-refractivity contribution in [3.63, 3.8) is 0 Å². The van der Waals surface area contributed by atoms with E-state index in [-0.39, 0.29) is 22.9 Å². The van der Waals surface area contributed by atoms with Gasteiger partial charge in [-0.25, -0.2) is 4.79 Å². The van der Waals surface area contributed by atoms with Crippen LogP contribution in [0.3, 0.4) is 0 Å². The number of rotatable bonds is 8. The number of carbonyl (C=O) groups is 1. The summed E-state index contributed by atoms with van der Waals surface area (Å²) in [7, 11) is 1.42. The minimum Gasteiger partial charge on any atom is -0.494 e. The molecule has 0 bridgehead atoms. The zero-order valence-electron chi connectivity index (χ0n) is 11.6. The third-order valence-electron chi connectivity index (χ3n) is 2.57. The highest BCUT2D eigenvalue weighted by molar-refractivity contribution is 6.37. The van der Waals surface area contributed by atoms with Gasteiger partial charge in [-0.15, -0.1) is 0 Å². The van der Waals surface area contributed by atoms with Gasteiger partial charge in [-0.1, -0.05) is 36.5 Å². The van der Waals surface area contributed by atoms with E-state index in [9.17, 15) is 4.79 Å². The van der Waals surface area contributed by atoms with Gasteiger partial charge in [0.05, 0.1) is 23.8 Å². The van der Waals surface area contributed by atoms with Gasteiger partial charge in [-0.2, -0.15) is 0 Å². The Bertz CT molecular complexity index is 449. The molecule has 0 aliphatic rings. The molecule has 0 spiro atoms. The number of esters is 1. The summed E-state index contributed by atoms with van der Waals surface area (Å²) in [5, 5.41) is 0.547. The molecule has 6 heteroatoms. The fourth-order valence-electron chi connectivity index (χ4n) is 1.54. The Kier molecular flexibility index (Phi) is 7.73. The first-order valence-corrected chi connectivity index (χ1v) is 7.14. The minimum absolute atomic E-state index is 0.134. The van der Waals surface area contributed by atoms with E-state index in [1.165, 1.54) is 13.2 Å². The zero-order chi connectivity index (χ0) is 15.0. The number of halogens is 2. The molecule has 1 aromatic rings. The number of carbonyl (C=O) groups excluding carboxylic acids is 1. The molecule has 20 heavy (non-hydrogen) atoms. The Labute approximate surface area is 128 Å². The summed E-state index contributed by atoms with van der Waals surface area (Å²) in [5.74, 6) is -0.357. The van der Waals surface area contributed by atoms with Gasteiger partial charge in [0.1, 0.15) is 12.2 Å². The van der Waals surface area contributed by atoms with Gasteiger partial charge in [0.25, 0.3) is 0 Å². The Balaban J connectivity index is 2.57. The van der Waals surface area contributed by atoms with Crippen LogP contribution in [-0.4, -0.2) is 32.9 Å². The van der Waals surface area contributed by atoms with E-state index in [2.05, 4.69) is 6.92 Å². The minimum atomic E-state index is -0.576. The molecule has 0 amide bonds. The average molecular weight is 321 g/mol. The predicted octanol–water partition coefficient (Wildman–Crippen LogP) is 3.98. The van der Waals surface area contributed by atoms with Crippen LogP contribution in [0, 0.1) is 0 Å². The lowest BCUT2D eigenvalue weighted by atomic mass is 10.2. The van der Waals surface area contributed by atoms with Crippen LogP contribution in [-0.2, 0) is 9.47 Å². The average Bonchev–Trinajstić information content (AvgIpc) is 2.44. The molecule has 0 aliphatic carbocycles. The normalized spacial score (nSPS) is 10.4. The van der Waals surface area contributed by atoms with Gasteiger partial charge in [0, 0.05) is 6.61 Å². The van der Waals surface area contributed by atoms with Crippen LogP contribution in [0.4, 0.5) is 0 Å². The van der Waals surface area contributed by atoms with Crippen LogP contribution in [0.2, 0.25) is 10.0 Å². The topological polar surface area (TPSA) is 44.8 Å². The molecule has 0 saturated carbocycles. The van der Waals surface area contributed by atoms with Crippen molar-refractivity contribution in [1.82, 2.24) is 0 Å². The summed E-state index contributed by atoms with van der Waals surface area (Å²) in [6, 6.07) is 3.09. The standard InChI is InChI=1S/C14H18Cl2O4/c1-3-4-7-19-8-9-20-14(17)12-10(15)5-6-11(16)13(12)18-2/h5-6H,3-4,7-9H2,1-2H3. The van der Waals surface area contributed by atoms with Crippen molar-refractivity contribution in [1.29, 1.82) is 0 Å². The molecule has 0 radical (unpaired) electrons. The van der Waals surface area contributed by atoms with Gasteiger partial charge in [0.15, 0.2) is 5.75 Å². The molecule has 0 aromatic heterocycles. The number of methoxy groups -OCH3 is 1. The van der Waals surface area contributed by atoms with Gasteiger partial charge in [-0.05, 0) is 18.6 Å². The van der Waals surface area contributed by atoms with Crippen molar-refractivity contribution in [2.75, 3.05) is 26.9 Å². The summed E-state index contributed by atoms with van der Waals surface area (Å²) in [4.78, 5) is 12.0. The number of benzene rings is 1. The lowest BCUT2D eigenvalue weighted by Crippen LogP contribution is -2.13. The third kappa shape index (κ3) is 4.85. The molecule has 1 aromatic carbocycles. The second-order valence-corrected chi connectivity index (χ2v) is 4.85. The fourth-order valence-corrected chi connectivity index (χ4v) is 2.00. The molecule has 4 nitrogen and oxygen atoms in total. The van der Waals surface area contributed by atoms with E-state index in [1.54, 1.807) is 6.07 Å². The maximum atomic E-state index is 12.0. The van der Waals surface area contributed by atoms with Crippen molar-refractivity contribution in [2.45, 2.75) is 19.8 Å². The number of ether oxygens (including phenoxy) is 3. The molecule has 0 heterocycles. The molecular weight excluding hydrogens is 303 g/mol. The number of hydrogen-bond donors (Lipinski definition) is 0. The van der Waals surface area contributed by atoms with Crippen molar-refractivity contribution in [2.24, 2.45) is 0 Å². The van der Waals surface area contributed by atoms with Crippen LogP contribution < -0.4 is 4.74 Å². The van der Waals surface area contributed by atoms with Crippen LogP contribution in [0.15, 0.2) is 12.1 Å². The molecular formula is C14H18Cl2O4. The second-order valence-electron chi connectivity index (χ2n) is 4.04. The molecule has 112 valence electrons. The van der Waals surface area contributed by atoms with Crippen LogP contribution in [0.1, 0.15) is 30.1 Å². The quantitative estimate of drug-likeness (QED) is 0.537. The first-order chi connectivity index (χ1) is 9.61. The van der Waals surface area contributed by atoms with E-state index >= 15 is 0 Å². The van der Waals surface area contributed by atoms with Gasteiger partial charge in [0.2, 0.25) is 0 Å². The van der Waals surface area contributed by atoms with E-state index < -0.39 is 5.97 Å². The van der Waals surface area contributed by atoms with Crippen molar-refractivity contribution < 1.29 is 19.0 Å². The van der Waals surface area contributed by atoms with E-state index in [0.29, 0.717) is 18.2 Å². The smallest absolute Gasteiger partial charge is 0.343 e. The molecule has 0 unspecified atom stereocenters. The Morgan fingerprint density at radius 3 is 2.50 bits per heavy atom. The summed E-state index contributed by atoms with van der Waals surface area (Å²) >= 11 is 11.9. The monoisotopic (exact) mass is 320 g/mol. The first-order valence-electron chi connectivity index (χ1n) is 6.38. The molecule has 0 fully saturated rings. The number of unbranched alkanes of at least 4 members (excludes halogenated alkanes) is 1. The first kappa shape index (κ1) is 17.1.